The highest BCUT2D eigenvalue weighted by Gasteiger charge is 2.35. The molecule has 6 rings (SSSR count). The zero-order chi connectivity index (χ0) is 27.8. The Morgan fingerprint density at radius 3 is 2.67 bits per heavy atom. The van der Waals surface area contributed by atoms with Crippen molar-refractivity contribution >= 4 is 90.6 Å². The number of likely N-dealkylation sites (tertiary alicyclic amines) is 1. The molecule has 1 fully saturated rings. The van der Waals surface area contributed by atoms with Crippen LogP contribution in [-0.2, 0) is 11.0 Å². The van der Waals surface area contributed by atoms with Gasteiger partial charge in [0.15, 0.2) is 5.82 Å². The van der Waals surface area contributed by atoms with Gasteiger partial charge in [0.25, 0.3) is 5.91 Å². The molecule has 4 heterocycles. The first-order chi connectivity index (χ1) is 19.5. The Kier molecular flexibility index (Phi) is 7.80. The number of halogens is 2. The zero-order valence-corrected chi connectivity index (χ0v) is 25.4. The molecule has 9 nitrogen and oxygen atoms in total. The first-order valence-corrected chi connectivity index (χ1v) is 15.6. The van der Waals surface area contributed by atoms with Crippen LogP contribution in [0.5, 0.6) is 5.75 Å². The van der Waals surface area contributed by atoms with Crippen molar-refractivity contribution in [2.24, 2.45) is 0 Å². The van der Waals surface area contributed by atoms with Crippen molar-refractivity contribution in [2.75, 3.05) is 35.7 Å². The van der Waals surface area contributed by atoms with Crippen LogP contribution in [0.15, 0.2) is 42.7 Å². The first-order valence-electron chi connectivity index (χ1n) is 12.9. The fourth-order valence-corrected chi connectivity index (χ4v) is 7.02. The number of carbonyl (C=O) groups excluding carboxylic acids is 2. The van der Waals surface area contributed by atoms with E-state index in [1.807, 2.05) is 24.3 Å². The highest BCUT2D eigenvalue weighted by Crippen LogP contribution is 2.46. The molecule has 0 aliphatic carbocycles. The summed E-state index contributed by atoms with van der Waals surface area (Å²) in [5.74, 6) is 0.528. The number of alkyl halides is 1. The number of hydrogen-bond donors (Lipinski definition) is 2. The minimum Gasteiger partial charge on any atom is -0.495 e. The largest absolute Gasteiger partial charge is 0.495 e. The van der Waals surface area contributed by atoms with E-state index in [4.69, 9.17) is 16.3 Å². The Morgan fingerprint density at radius 1 is 1.18 bits per heavy atom. The Hall–Kier alpha value is -3.00. The predicted molar refractivity (Wildman–Crippen MR) is 168 cm³/mol. The van der Waals surface area contributed by atoms with Gasteiger partial charge in [-0.05, 0) is 55.3 Å². The van der Waals surface area contributed by atoms with Gasteiger partial charge in [-0.2, -0.15) is 0 Å². The number of aromatic nitrogens is 2. The maximum atomic E-state index is 13.5. The van der Waals surface area contributed by atoms with E-state index in [1.165, 1.54) is 54.5 Å². The van der Waals surface area contributed by atoms with Crippen LogP contribution in [0.1, 0.15) is 40.1 Å². The van der Waals surface area contributed by atoms with E-state index in [1.54, 1.807) is 12.1 Å². The number of anilines is 4. The highest BCUT2D eigenvalue weighted by atomic mass is 127. The summed E-state index contributed by atoms with van der Waals surface area (Å²) in [6.07, 6.45) is 5.21. The highest BCUT2D eigenvalue weighted by molar-refractivity contribution is 14.1. The second-order valence-corrected chi connectivity index (χ2v) is 11.9. The lowest BCUT2D eigenvalue weighted by atomic mass is 10.1. The van der Waals surface area contributed by atoms with Gasteiger partial charge in [0.1, 0.15) is 21.8 Å². The van der Waals surface area contributed by atoms with E-state index < -0.39 is 6.03 Å². The van der Waals surface area contributed by atoms with Crippen LogP contribution in [0.4, 0.5) is 27.7 Å². The number of piperidine rings is 1. The molecular formula is C28H26ClIN6O3S. The molecule has 4 aromatic rings. The summed E-state index contributed by atoms with van der Waals surface area (Å²) >= 11 is 9.80. The molecule has 2 aliphatic heterocycles. The van der Waals surface area contributed by atoms with E-state index in [2.05, 4.69) is 48.1 Å². The van der Waals surface area contributed by atoms with Crippen molar-refractivity contribution in [1.82, 2.24) is 14.9 Å². The Labute approximate surface area is 254 Å². The molecule has 2 aromatic carbocycles. The van der Waals surface area contributed by atoms with Crippen LogP contribution in [0, 0.1) is 0 Å². The van der Waals surface area contributed by atoms with E-state index >= 15 is 0 Å². The van der Waals surface area contributed by atoms with Crippen molar-refractivity contribution in [3.8, 4) is 5.75 Å². The third-order valence-corrected chi connectivity index (χ3v) is 9.34. The molecule has 0 unspecified atom stereocenters. The summed E-state index contributed by atoms with van der Waals surface area (Å²) in [6, 6.07) is 11.0. The Balaban J connectivity index is 1.30. The van der Waals surface area contributed by atoms with Crippen LogP contribution in [0.2, 0.25) is 5.02 Å². The molecule has 2 N–H and O–H groups in total. The summed E-state index contributed by atoms with van der Waals surface area (Å²) < 4.78 is 6.02. The van der Waals surface area contributed by atoms with Gasteiger partial charge in [-0.25, -0.2) is 19.7 Å². The molecular weight excluding hydrogens is 663 g/mol. The molecule has 40 heavy (non-hydrogen) atoms. The lowest BCUT2D eigenvalue weighted by Gasteiger charge is -2.29. The number of amides is 3. The summed E-state index contributed by atoms with van der Waals surface area (Å²) in [4.78, 5) is 40.7. The molecule has 206 valence electrons. The van der Waals surface area contributed by atoms with E-state index in [0.29, 0.717) is 53.2 Å². The van der Waals surface area contributed by atoms with Crippen molar-refractivity contribution in [2.45, 2.75) is 30.2 Å². The van der Waals surface area contributed by atoms with Gasteiger partial charge in [0.2, 0.25) is 0 Å². The number of nitrogens with zero attached hydrogens (tertiary/aromatic N) is 4. The van der Waals surface area contributed by atoms with Gasteiger partial charge < -0.3 is 15.4 Å². The van der Waals surface area contributed by atoms with Gasteiger partial charge in [-0.15, -0.1) is 11.3 Å². The molecule has 2 aromatic heterocycles. The molecule has 1 saturated heterocycles. The zero-order valence-electron chi connectivity index (χ0n) is 21.7. The normalized spacial score (nSPS) is 15.3. The third kappa shape index (κ3) is 5.11. The molecule has 0 radical (unpaired) electrons. The summed E-state index contributed by atoms with van der Waals surface area (Å²) in [5.41, 5.74) is 3.75. The second-order valence-electron chi connectivity index (χ2n) is 9.69. The van der Waals surface area contributed by atoms with Gasteiger partial charge in [-0.3, -0.25) is 9.69 Å². The summed E-state index contributed by atoms with van der Waals surface area (Å²) in [7, 11) is 1.53. The van der Waals surface area contributed by atoms with Gasteiger partial charge in [0, 0.05) is 22.7 Å². The average Bonchev–Trinajstić information content (AvgIpc) is 3.34. The molecule has 12 heteroatoms. The van der Waals surface area contributed by atoms with Crippen molar-refractivity contribution in [1.29, 1.82) is 0 Å². The monoisotopic (exact) mass is 688 g/mol. The fraction of sp³-hybridized carbons (Fsp3) is 0.286. The number of benzene rings is 2. The van der Waals surface area contributed by atoms with Crippen molar-refractivity contribution < 1.29 is 14.3 Å². The van der Waals surface area contributed by atoms with Gasteiger partial charge >= 0.3 is 6.03 Å². The first kappa shape index (κ1) is 27.2. The molecule has 0 atom stereocenters. The summed E-state index contributed by atoms with van der Waals surface area (Å²) in [6.45, 7) is 3.18. The Morgan fingerprint density at radius 2 is 1.95 bits per heavy atom. The fourth-order valence-electron chi connectivity index (χ4n) is 5.16. The lowest BCUT2D eigenvalue weighted by Crippen LogP contribution is -2.35. The van der Waals surface area contributed by atoms with E-state index in [-0.39, 0.29) is 5.91 Å². The number of ether oxygens (including phenoxy) is 1. The van der Waals surface area contributed by atoms with Crippen molar-refractivity contribution in [3.05, 3.63) is 63.8 Å². The van der Waals surface area contributed by atoms with Crippen LogP contribution in [0.3, 0.4) is 0 Å². The lowest BCUT2D eigenvalue weighted by molar-refractivity contribution is 0.103. The minimum atomic E-state index is -0.433. The molecule has 2 aliphatic rings. The standard InChI is InChI=1S/C28H26ClIN6O3S/c1-39-21-12-20(17(13-30)11-19(21)29)36-25-22-23(34-28(36)38)24(40-27(22)32-15-31-25)26(37)33-18-7-5-16(6-8-18)14-35-9-3-2-4-10-35/h5-8,11-12,15H,2-4,9-10,13-14H2,1H3,(H,33,37)(H,34,38). The van der Waals surface area contributed by atoms with E-state index in [9.17, 15) is 9.59 Å². The van der Waals surface area contributed by atoms with Gasteiger partial charge in [-0.1, -0.05) is 52.7 Å². The minimum absolute atomic E-state index is 0.317. The van der Waals surface area contributed by atoms with Crippen LogP contribution < -0.4 is 20.3 Å². The van der Waals surface area contributed by atoms with Crippen LogP contribution >= 0.6 is 45.5 Å². The predicted octanol–water partition coefficient (Wildman–Crippen LogP) is 7.21. The maximum Gasteiger partial charge on any atom is 0.332 e. The van der Waals surface area contributed by atoms with Crippen LogP contribution in [-0.4, -0.2) is 47.0 Å². The number of carbonyl (C=O) groups is 2. The van der Waals surface area contributed by atoms with E-state index in [0.717, 1.165) is 25.2 Å². The quantitative estimate of drug-likeness (QED) is 0.157. The summed E-state index contributed by atoms with van der Waals surface area (Å²) in [5, 5.41) is 6.97. The van der Waals surface area contributed by atoms with Crippen LogP contribution in [0.25, 0.3) is 10.2 Å². The SMILES string of the molecule is COc1cc(N2C(=O)Nc3c(C(=O)Nc4ccc(CN5CCCCC5)cc4)sc4ncnc2c34)c(CI)cc1Cl. The van der Waals surface area contributed by atoms with Crippen molar-refractivity contribution in [3.63, 3.8) is 0 Å². The number of thiophene rings is 1. The molecule has 0 bridgehead atoms. The molecule has 3 amide bonds. The maximum absolute atomic E-state index is 13.5. The topological polar surface area (TPSA) is 99.7 Å². The number of nitrogens with one attached hydrogen (secondary N) is 2. The number of urea groups is 1. The third-order valence-electron chi connectivity index (χ3n) is 7.13. The number of rotatable bonds is 7. The Bertz CT molecular complexity index is 1610. The second kappa shape index (κ2) is 11.5. The van der Waals surface area contributed by atoms with Gasteiger partial charge in [0.05, 0.1) is 28.9 Å². The number of methoxy groups -OCH3 is 1. The number of hydrogen-bond acceptors (Lipinski definition) is 7. The molecule has 0 spiro atoms. The smallest absolute Gasteiger partial charge is 0.332 e. The average molecular weight is 689 g/mol. The molecule has 0 saturated carbocycles.